The number of carboxylic acid groups (broad SMARTS) is 1. The second-order valence-electron chi connectivity index (χ2n) is 5.06. The van der Waals surface area contributed by atoms with E-state index in [1.54, 1.807) is 18.2 Å². The van der Waals surface area contributed by atoms with E-state index in [1.165, 1.54) is 19.3 Å². The van der Waals surface area contributed by atoms with Gasteiger partial charge in [0.2, 0.25) is 0 Å². The summed E-state index contributed by atoms with van der Waals surface area (Å²) in [6.07, 6.45) is 3.75. The van der Waals surface area contributed by atoms with Crippen LogP contribution in [-0.2, 0) is 0 Å². The maximum atomic E-state index is 11.0. The number of hydrogen-bond acceptors (Lipinski definition) is 3. The van der Waals surface area contributed by atoms with Gasteiger partial charge in [-0.15, -0.1) is 0 Å². The van der Waals surface area contributed by atoms with Crippen LogP contribution in [-0.4, -0.2) is 23.7 Å². The van der Waals surface area contributed by atoms with Crippen molar-refractivity contribution in [2.75, 3.05) is 17.2 Å². The van der Waals surface area contributed by atoms with E-state index in [4.69, 9.17) is 10.8 Å². The average Bonchev–Trinajstić information content (AvgIpc) is 2.91. The topological polar surface area (TPSA) is 66.6 Å². The first-order valence-electron chi connectivity index (χ1n) is 6.04. The van der Waals surface area contributed by atoms with E-state index in [0.717, 1.165) is 18.2 Å². The zero-order chi connectivity index (χ0) is 12.0. The number of hydrogen-bond donors (Lipinski definition) is 2. The minimum atomic E-state index is -0.893. The molecule has 0 amide bonds. The Morgan fingerprint density at radius 2 is 2.24 bits per heavy atom. The van der Waals surface area contributed by atoms with E-state index in [0.29, 0.717) is 17.3 Å². The van der Waals surface area contributed by atoms with E-state index in [1.807, 2.05) is 0 Å². The first-order valence-corrected chi connectivity index (χ1v) is 6.04. The minimum Gasteiger partial charge on any atom is -0.478 e. The molecular formula is C13H16N2O2. The fourth-order valence-electron chi connectivity index (χ4n) is 3.15. The van der Waals surface area contributed by atoms with Crippen molar-refractivity contribution in [3.8, 4) is 0 Å². The third-order valence-electron chi connectivity index (χ3n) is 4.00. The number of carboxylic acids is 1. The van der Waals surface area contributed by atoms with Crippen LogP contribution in [0.2, 0.25) is 0 Å². The number of fused-ring (bicyclic) bond motifs is 2. The lowest BCUT2D eigenvalue weighted by Gasteiger charge is -2.30. The Balaban J connectivity index is 1.96. The molecule has 2 atom stereocenters. The van der Waals surface area contributed by atoms with Crippen molar-refractivity contribution in [3.05, 3.63) is 23.8 Å². The van der Waals surface area contributed by atoms with Crippen molar-refractivity contribution in [3.63, 3.8) is 0 Å². The lowest BCUT2D eigenvalue weighted by molar-refractivity contribution is 0.0697. The number of nitrogens with zero attached hydrogens (tertiary/aromatic N) is 1. The molecule has 0 spiro atoms. The summed E-state index contributed by atoms with van der Waals surface area (Å²) in [4.78, 5) is 13.3. The summed E-state index contributed by atoms with van der Waals surface area (Å²) >= 11 is 0. The van der Waals surface area contributed by atoms with Crippen LogP contribution < -0.4 is 10.6 Å². The Morgan fingerprint density at radius 3 is 2.82 bits per heavy atom. The van der Waals surface area contributed by atoms with Crippen LogP contribution >= 0.6 is 0 Å². The van der Waals surface area contributed by atoms with Gasteiger partial charge in [0.15, 0.2) is 0 Å². The van der Waals surface area contributed by atoms with Gasteiger partial charge < -0.3 is 15.7 Å². The molecule has 90 valence electrons. The minimum absolute atomic E-state index is 0.317. The highest BCUT2D eigenvalue weighted by Crippen LogP contribution is 2.42. The summed E-state index contributed by atoms with van der Waals surface area (Å²) in [6.45, 7) is 1.03. The molecule has 2 fully saturated rings. The predicted octanol–water partition coefficient (Wildman–Crippen LogP) is 1.96. The smallest absolute Gasteiger partial charge is 0.335 e. The third-order valence-corrected chi connectivity index (χ3v) is 4.00. The molecule has 3 rings (SSSR count). The summed E-state index contributed by atoms with van der Waals surface area (Å²) in [5.41, 5.74) is 7.87. The highest BCUT2D eigenvalue weighted by Gasteiger charge is 2.38. The van der Waals surface area contributed by atoms with E-state index < -0.39 is 5.97 Å². The number of piperidine rings is 1. The van der Waals surface area contributed by atoms with Gasteiger partial charge in [0.1, 0.15) is 0 Å². The molecule has 1 saturated carbocycles. The second kappa shape index (κ2) is 3.65. The molecule has 0 radical (unpaired) electrons. The molecule has 2 bridgehead atoms. The van der Waals surface area contributed by atoms with Crippen LogP contribution in [0.15, 0.2) is 18.2 Å². The van der Waals surface area contributed by atoms with Gasteiger partial charge in [-0.05, 0) is 43.4 Å². The fraction of sp³-hybridized carbons (Fsp3) is 0.462. The molecule has 4 nitrogen and oxygen atoms in total. The summed E-state index contributed by atoms with van der Waals surface area (Å²) in [5.74, 6) is -0.122. The van der Waals surface area contributed by atoms with Gasteiger partial charge in [0, 0.05) is 12.6 Å². The van der Waals surface area contributed by atoms with Crippen molar-refractivity contribution < 1.29 is 9.90 Å². The molecule has 1 saturated heterocycles. The highest BCUT2D eigenvalue weighted by molar-refractivity contribution is 5.90. The van der Waals surface area contributed by atoms with Crippen molar-refractivity contribution in [1.29, 1.82) is 0 Å². The molecule has 1 aromatic carbocycles. The molecule has 1 aliphatic heterocycles. The molecule has 2 aliphatic rings. The summed E-state index contributed by atoms with van der Waals surface area (Å²) in [7, 11) is 0. The lowest BCUT2D eigenvalue weighted by atomic mass is 10.1. The molecule has 1 heterocycles. The van der Waals surface area contributed by atoms with Crippen molar-refractivity contribution in [2.24, 2.45) is 5.92 Å². The van der Waals surface area contributed by atoms with Gasteiger partial charge in [-0.25, -0.2) is 4.79 Å². The predicted molar refractivity (Wildman–Crippen MR) is 66.3 cm³/mol. The number of nitrogen functional groups attached to an aromatic ring is 1. The maximum absolute atomic E-state index is 11.0. The van der Waals surface area contributed by atoms with Gasteiger partial charge in [-0.3, -0.25) is 0 Å². The van der Waals surface area contributed by atoms with Crippen LogP contribution in [0.5, 0.6) is 0 Å². The van der Waals surface area contributed by atoms with Crippen LogP contribution in [0.3, 0.4) is 0 Å². The molecule has 4 heteroatoms. The van der Waals surface area contributed by atoms with Crippen molar-refractivity contribution >= 4 is 17.3 Å². The normalized spacial score (nSPS) is 26.5. The fourth-order valence-corrected chi connectivity index (χ4v) is 3.15. The van der Waals surface area contributed by atoms with E-state index in [-0.39, 0.29) is 0 Å². The number of rotatable bonds is 2. The molecule has 0 aromatic heterocycles. The van der Waals surface area contributed by atoms with E-state index >= 15 is 0 Å². The van der Waals surface area contributed by atoms with Gasteiger partial charge in [0.25, 0.3) is 0 Å². The number of carbonyl (C=O) groups is 1. The molecule has 1 aromatic rings. The molecule has 3 N–H and O–H groups in total. The monoisotopic (exact) mass is 232 g/mol. The Hall–Kier alpha value is -1.71. The highest BCUT2D eigenvalue weighted by atomic mass is 16.4. The number of benzene rings is 1. The van der Waals surface area contributed by atoms with Gasteiger partial charge in [-0.1, -0.05) is 0 Å². The largest absolute Gasteiger partial charge is 0.478 e. The van der Waals surface area contributed by atoms with Crippen LogP contribution in [0, 0.1) is 5.92 Å². The number of anilines is 2. The van der Waals surface area contributed by atoms with Crippen molar-refractivity contribution in [2.45, 2.75) is 25.3 Å². The third kappa shape index (κ3) is 1.64. The molecule has 1 aliphatic carbocycles. The Labute approximate surface area is 100 Å². The van der Waals surface area contributed by atoms with Crippen LogP contribution in [0.25, 0.3) is 0 Å². The maximum Gasteiger partial charge on any atom is 0.335 e. The zero-order valence-electron chi connectivity index (χ0n) is 9.60. The quantitative estimate of drug-likeness (QED) is 0.765. The van der Waals surface area contributed by atoms with Gasteiger partial charge in [-0.2, -0.15) is 0 Å². The van der Waals surface area contributed by atoms with Crippen LogP contribution in [0.4, 0.5) is 11.4 Å². The molecular weight excluding hydrogens is 216 g/mol. The SMILES string of the molecule is Nc1ccc(C(=O)O)cc1N1CC2CCC1C2. The summed E-state index contributed by atoms with van der Waals surface area (Å²) < 4.78 is 0. The number of nitrogens with two attached hydrogens (primary N) is 1. The lowest BCUT2D eigenvalue weighted by Crippen LogP contribution is -2.32. The summed E-state index contributed by atoms with van der Waals surface area (Å²) in [6, 6.07) is 5.53. The molecule has 17 heavy (non-hydrogen) atoms. The molecule has 2 unspecified atom stereocenters. The van der Waals surface area contributed by atoms with Crippen molar-refractivity contribution in [1.82, 2.24) is 0 Å². The standard InChI is InChI=1S/C13H16N2O2/c14-11-4-2-9(13(16)17)6-12(11)15-7-8-1-3-10(15)5-8/h2,4,6,8,10H,1,3,5,7,14H2,(H,16,17). The second-order valence-corrected chi connectivity index (χ2v) is 5.06. The Kier molecular flexibility index (Phi) is 2.24. The first-order chi connectivity index (χ1) is 8.15. The van der Waals surface area contributed by atoms with Gasteiger partial charge >= 0.3 is 5.97 Å². The Bertz CT molecular complexity index is 472. The van der Waals surface area contributed by atoms with E-state index in [9.17, 15) is 4.79 Å². The zero-order valence-corrected chi connectivity index (χ0v) is 9.60. The van der Waals surface area contributed by atoms with E-state index in [2.05, 4.69) is 4.90 Å². The summed E-state index contributed by atoms with van der Waals surface area (Å²) in [5, 5.41) is 9.02. The average molecular weight is 232 g/mol. The van der Waals surface area contributed by atoms with Gasteiger partial charge in [0.05, 0.1) is 16.9 Å². The number of aromatic carboxylic acids is 1. The Morgan fingerprint density at radius 1 is 1.41 bits per heavy atom. The first kappa shape index (κ1) is 10.4. The van der Waals surface area contributed by atoms with Crippen LogP contribution in [0.1, 0.15) is 29.6 Å².